The second-order valence-electron chi connectivity index (χ2n) is 6.86. The quantitative estimate of drug-likeness (QED) is 0.419. The van der Waals surface area contributed by atoms with Gasteiger partial charge in [0.2, 0.25) is 0 Å². The number of fused-ring (bicyclic) bond motifs is 1. The highest BCUT2D eigenvalue weighted by Crippen LogP contribution is 2.35. The number of anilines is 1. The van der Waals surface area contributed by atoms with Crippen LogP contribution in [0.3, 0.4) is 0 Å². The number of pyridine rings is 2. The molecule has 3 aromatic heterocycles. The van der Waals surface area contributed by atoms with Crippen molar-refractivity contribution in [1.82, 2.24) is 19.7 Å². The molecule has 34 heavy (non-hydrogen) atoms. The highest BCUT2D eigenvalue weighted by molar-refractivity contribution is 6.33. The molecule has 174 valence electrons. The summed E-state index contributed by atoms with van der Waals surface area (Å²) >= 11 is 5.95. The number of alkyl halides is 3. The molecule has 0 aliphatic rings. The largest absolute Gasteiger partial charge is 0.464 e. The van der Waals surface area contributed by atoms with Crippen LogP contribution in [-0.4, -0.2) is 38.7 Å². The number of carbonyl (C=O) groups excluding carboxylic acids is 2. The first-order valence-electron chi connectivity index (χ1n) is 9.43. The van der Waals surface area contributed by atoms with Crippen LogP contribution in [0.4, 0.5) is 18.9 Å². The number of amides is 1. The maximum absolute atomic E-state index is 14.1. The van der Waals surface area contributed by atoms with E-state index in [0.717, 1.165) is 25.6 Å². The van der Waals surface area contributed by atoms with Crippen LogP contribution >= 0.6 is 11.6 Å². The average Bonchev–Trinajstić information content (AvgIpc) is 3.24. The van der Waals surface area contributed by atoms with Gasteiger partial charge in [-0.25, -0.2) is 14.5 Å². The molecule has 9 nitrogen and oxygen atoms in total. The normalized spacial score (nSPS) is 11.4. The summed E-state index contributed by atoms with van der Waals surface area (Å²) in [5.41, 5.74) is -2.93. The Hall–Kier alpha value is -4.19. The van der Waals surface area contributed by atoms with Gasteiger partial charge in [0.1, 0.15) is 0 Å². The SMILES string of the molecule is COC(=O)c1ncc(NC(=O)c2cnn(-c3cccc4c(=O)[nH]ccc34)c2C(F)(F)F)cc1Cl. The fraction of sp³-hybridized carbons (Fsp3) is 0.0952. The van der Waals surface area contributed by atoms with Crippen molar-refractivity contribution in [2.45, 2.75) is 6.18 Å². The number of halogens is 4. The van der Waals surface area contributed by atoms with Crippen molar-refractivity contribution in [1.29, 1.82) is 0 Å². The topological polar surface area (TPSA) is 119 Å². The molecule has 4 aromatic rings. The summed E-state index contributed by atoms with van der Waals surface area (Å²) in [4.78, 5) is 42.6. The van der Waals surface area contributed by atoms with Crippen molar-refractivity contribution in [3.63, 3.8) is 0 Å². The van der Waals surface area contributed by atoms with Gasteiger partial charge in [0.05, 0.1) is 41.5 Å². The number of H-pyrrole nitrogens is 1. The van der Waals surface area contributed by atoms with Crippen molar-refractivity contribution >= 4 is 39.9 Å². The Labute approximate surface area is 193 Å². The lowest BCUT2D eigenvalue weighted by Crippen LogP contribution is -2.21. The molecule has 4 rings (SSSR count). The van der Waals surface area contributed by atoms with E-state index in [2.05, 4.69) is 25.1 Å². The Morgan fingerprint density at radius 3 is 2.62 bits per heavy atom. The molecule has 3 heterocycles. The number of hydrogen-bond donors (Lipinski definition) is 2. The minimum Gasteiger partial charge on any atom is -0.464 e. The molecule has 0 aliphatic heterocycles. The zero-order valence-electron chi connectivity index (χ0n) is 17.1. The van der Waals surface area contributed by atoms with Crippen LogP contribution in [-0.2, 0) is 10.9 Å². The monoisotopic (exact) mass is 491 g/mol. The molecular weight excluding hydrogens is 479 g/mol. The van der Waals surface area contributed by atoms with Crippen LogP contribution in [0.15, 0.2) is 53.7 Å². The molecule has 1 aromatic carbocycles. The van der Waals surface area contributed by atoms with Crippen molar-refractivity contribution in [2.75, 3.05) is 12.4 Å². The summed E-state index contributed by atoms with van der Waals surface area (Å²) in [7, 11) is 1.12. The molecule has 13 heteroatoms. The van der Waals surface area contributed by atoms with E-state index in [1.165, 1.54) is 30.5 Å². The second-order valence-corrected chi connectivity index (χ2v) is 7.27. The van der Waals surface area contributed by atoms with Crippen molar-refractivity contribution in [2.24, 2.45) is 0 Å². The first-order chi connectivity index (χ1) is 16.1. The molecule has 0 radical (unpaired) electrons. The number of carbonyl (C=O) groups is 2. The number of rotatable bonds is 4. The third-order valence-electron chi connectivity index (χ3n) is 4.78. The van der Waals surface area contributed by atoms with Crippen molar-refractivity contribution in [3.8, 4) is 5.69 Å². The summed E-state index contributed by atoms with van der Waals surface area (Å²) in [6, 6.07) is 6.79. The number of benzene rings is 1. The standard InChI is InChI=1S/C21H13ClF3N5O4/c1-34-20(33)16-14(22)7-10(8-27-16)29-19(32)13-9-28-30(17(13)21(23,24)25)15-4-2-3-12-11(15)5-6-26-18(12)31/h2-9H,1H3,(H,26,31)(H,29,32). The third-order valence-corrected chi connectivity index (χ3v) is 5.07. The number of esters is 1. The van der Waals surface area contributed by atoms with Crippen LogP contribution in [0, 0.1) is 0 Å². The van der Waals surface area contributed by atoms with E-state index in [9.17, 15) is 27.6 Å². The minimum absolute atomic E-state index is 0.0397. The van der Waals surface area contributed by atoms with Gasteiger partial charge >= 0.3 is 12.1 Å². The van der Waals surface area contributed by atoms with Gasteiger partial charge in [-0.3, -0.25) is 9.59 Å². The summed E-state index contributed by atoms with van der Waals surface area (Å²) in [6.07, 6.45) is -1.86. The molecule has 2 N–H and O–H groups in total. The number of ether oxygens (including phenoxy) is 1. The lowest BCUT2D eigenvalue weighted by atomic mass is 10.1. The molecule has 0 saturated heterocycles. The van der Waals surface area contributed by atoms with E-state index in [1.807, 2.05) is 0 Å². The predicted octanol–water partition coefficient (Wildman–Crippen LogP) is 3.82. The number of nitrogens with zero attached hydrogens (tertiary/aromatic N) is 3. The Morgan fingerprint density at radius 1 is 1.18 bits per heavy atom. The van der Waals surface area contributed by atoms with Gasteiger partial charge in [0, 0.05) is 17.0 Å². The van der Waals surface area contributed by atoms with Crippen LogP contribution in [0.25, 0.3) is 16.5 Å². The van der Waals surface area contributed by atoms with E-state index < -0.39 is 34.9 Å². The number of aromatic nitrogens is 4. The average molecular weight is 492 g/mol. The van der Waals surface area contributed by atoms with E-state index in [4.69, 9.17) is 11.6 Å². The molecule has 1 amide bonds. The fourth-order valence-electron chi connectivity index (χ4n) is 3.31. The molecule has 0 aliphatic carbocycles. The van der Waals surface area contributed by atoms with Crippen molar-refractivity contribution in [3.05, 3.63) is 81.3 Å². The number of nitrogens with one attached hydrogen (secondary N) is 2. The molecule has 0 spiro atoms. The van der Waals surface area contributed by atoms with Gasteiger partial charge in [0.25, 0.3) is 11.5 Å². The smallest absolute Gasteiger partial charge is 0.434 e. The van der Waals surface area contributed by atoms with E-state index in [0.29, 0.717) is 4.68 Å². The maximum atomic E-state index is 14.1. The lowest BCUT2D eigenvalue weighted by molar-refractivity contribution is -0.143. The molecule has 0 saturated carbocycles. The number of aromatic amines is 1. The zero-order chi connectivity index (χ0) is 24.6. The van der Waals surface area contributed by atoms with Gasteiger partial charge in [0.15, 0.2) is 11.4 Å². The second kappa shape index (κ2) is 8.63. The highest BCUT2D eigenvalue weighted by Gasteiger charge is 2.41. The first kappa shape index (κ1) is 23.0. The Kier molecular flexibility index (Phi) is 5.83. The molecule has 0 atom stereocenters. The maximum Gasteiger partial charge on any atom is 0.434 e. The Morgan fingerprint density at radius 2 is 1.94 bits per heavy atom. The van der Waals surface area contributed by atoms with Gasteiger partial charge in [-0.05, 0) is 24.3 Å². The Balaban J connectivity index is 1.77. The molecule has 0 bridgehead atoms. The van der Waals surface area contributed by atoms with Gasteiger partial charge < -0.3 is 15.0 Å². The summed E-state index contributed by atoms with van der Waals surface area (Å²) in [5.74, 6) is -1.96. The van der Waals surface area contributed by atoms with E-state index in [-0.39, 0.29) is 32.9 Å². The van der Waals surface area contributed by atoms with Crippen LogP contribution in [0.2, 0.25) is 5.02 Å². The fourth-order valence-corrected chi connectivity index (χ4v) is 3.55. The van der Waals surface area contributed by atoms with Gasteiger partial charge in [-0.1, -0.05) is 17.7 Å². The van der Waals surface area contributed by atoms with Crippen LogP contribution < -0.4 is 10.9 Å². The lowest BCUT2D eigenvalue weighted by Gasteiger charge is -2.14. The summed E-state index contributed by atoms with van der Waals surface area (Å²) < 4.78 is 47.2. The number of hydrogen-bond acceptors (Lipinski definition) is 6. The predicted molar refractivity (Wildman–Crippen MR) is 115 cm³/mol. The molecule has 0 unspecified atom stereocenters. The van der Waals surface area contributed by atoms with Crippen LogP contribution in [0.5, 0.6) is 0 Å². The third kappa shape index (κ3) is 4.10. The number of methoxy groups -OCH3 is 1. The van der Waals surface area contributed by atoms with Crippen LogP contribution in [0.1, 0.15) is 26.5 Å². The van der Waals surface area contributed by atoms with Crippen molar-refractivity contribution < 1.29 is 27.5 Å². The molecule has 0 fully saturated rings. The van der Waals surface area contributed by atoms with E-state index >= 15 is 0 Å². The first-order valence-corrected chi connectivity index (χ1v) is 9.81. The minimum atomic E-state index is -4.98. The summed E-state index contributed by atoms with van der Waals surface area (Å²) in [5, 5.41) is 6.24. The Bertz CT molecular complexity index is 1500. The van der Waals surface area contributed by atoms with Gasteiger partial charge in [-0.2, -0.15) is 18.3 Å². The van der Waals surface area contributed by atoms with Gasteiger partial charge in [-0.15, -0.1) is 0 Å². The zero-order valence-corrected chi connectivity index (χ0v) is 17.9. The molecular formula is C21H13ClF3N5O4. The van der Waals surface area contributed by atoms with E-state index in [1.54, 1.807) is 0 Å². The summed E-state index contributed by atoms with van der Waals surface area (Å²) in [6.45, 7) is 0. The highest BCUT2D eigenvalue weighted by atomic mass is 35.5.